The van der Waals surface area contributed by atoms with Crippen LogP contribution in [0.3, 0.4) is 0 Å². The third kappa shape index (κ3) is 5.79. The van der Waals surface area contributed by atoms with Crippen molar-refractivity contribution in [1.82, 2.24) is 10.2 Å². The van der Waals surface area contributed by atoms with Crippen LogP contribution in [-0.2, 0) is 4.79 Å². The number of amides is 2. The summed E-state index contributed by atoms with van der Waals surface area (Å²) in [5.74, 6) is 0.552. The molecule has 1 aliphatic rings. The van der Waals surface area contributed by atoms with Crippen molar-refractivity contribution in [3.05, 3.63) is 23.8 Å². The Morgan fingerprint density at radius 2 is 2.08 bits per heavy atom. The number of benzene rings is 1. The van der Waals surface area contributed by atoms with E-state index >= 15 is 0 Å². The molecule has 0 aliphatic carbocycles. The maximum Gasteiger partial charge on any atom is 0.258 e. The second-order valence-electron chi connectivity index (χ2n) is 6.18. The Balaban J connectivity index is 0.00000312. The minimum atomic E-state index is -0.210. The van der Waals surface area contributed by atoms with Crippen LogP contribution in [0.4, 0.5) is 0 Å². The van der Waals surface area contributed by atoms with Crippen molar-refractivity contribution in [3.8, 4) is 11.5 Å². The molecule has 0 bridgehead atoms. The molecule has 1 atom stereocenters. The predicted molar refractivity (Wildman–Crippen MR) is 97.5 cm³/mol. The van der Waals surface area contributed by atoms with Gasteiger partial charge in [-0.25, -0.2) is 0 Å². The quantitative estimate of drug-likeness (QED) is 0.783. The van der Waals surface area contributed by atoms with Crippen molar-refractivity contribution in [2.24, 2.45) is 5.73 Å². The first-order valence-electron chi connectivity index (χ1n) is 8.05. The standard InChI is InChI=1S/C17H25N3O4.ClH/c1-11(2)19-16(21)10-24-14-5-4-12(8-15(14)23-3)17(22)20-7-6-13(18)9-20;/h4-5,8,11,13H,6-7,9-10,18H2,1-3H3,(H,19,21);1H/t13-;/m1./s1. The molecule has 0 spiro atoms. The van der Waals surface area contributed by atoms with Gasteiger partial charge in [0.15, 0.2) is 18.1 Å². The first-order valence-corrected chi connectivity index (χ1v) is 8.05. The molecule has 0 radical (unpaired) electrons. The van der Waals surface area contributed by atoms with Gasteiger partial charge in [-0.05, 0) is 38.5 Å². The number of rotatable bonds is 6. The molecule has 0 saturated carbocycles. The number of likely N-dealkylation sites (tertiary alicyclic amines) is 1. The molecule has 3 N–H and O–H groups in total. The average molecular weight is 372 g/mol. The highest BCUT2D eigenvalue weighted by molar-refractivity contribution is 5.95. The number of nitrogens with one attached hydrogen (secondary N) is 1. The number of nitrogens with two attached hydrogens (primary N) is 1. The highest BCUT2D eigenvalue weighted by Crippen LogP contribution is 2.29. The lowest BCUT2D eigenvalue weighted by atomic mass is 10.1. The van der Waals surface area contributed by atoms with Gasteiger partial charge in [-0.2, -0.15) is 0 Å². The fourth-order valence-corrected chi connectivity index (χ4v) is 2.58. The molecule has 1 fully saturated rings. The second-order valence-corrected chi connectivity index (χ2v) is 6.18. The van der Waals surface area contributed by atoms with E-state index < -0.39 is 0 Å². The fraction of sp³-hybridized carbons (Fsp3) is 0.529. The van der Waals surface area contributed by atoms with Gasteiger partial charge in [-0.15, -0.1) is 12.4 Å². The smallest absolute Gasteiger partial charge is 0.258 e. The average Bonchev–Trinajstić information content (AvgIpc) is 2.98. The van der Waals surface area contributed by atoms with Crippen LogP contribution in [0.2, 0.25) is 0 Å². The number of nitrogens with zero attached hydrogens (tertiary/aromatic N) is 1. The van der Waals surface area contributed by atoms with E-state index in [2.05, 4.69) is 5.32 Å². The van der Waals surface area contributed by atoms with Crippen molar-refractivity contribution in [1.29, 1.82) is 0 Å². The Morgan fingerprint density at radius 3 is 2.64 bits per heavy atom. The van der Waals surface area contributed by atoms with Crippen molar-refractivity contribution >= 4 is 24.2 Å². The van der Waals surface area contributed by atoms with Gasteiger partial charge in [-0.3, -0.25) is 9.59 Å². The summed E-state index contributed by atoms with van der Waals surface area (Å²) in [7, 11) is 1.50. The van der Waals surface area contributed by atoms with Crippen molar-refractivity contribution in [2.45, 2.75) is 32.4 Å². The van der Waals surface area contributed by atoms with Gasteiger partial charge >= 0.3 is 0 Å². The van der Waals surface area contributed by atoms with Crippen LogP contribution in [0, 0.1) is 0 Å². The molecule has 1 saturated heterocycles. The van der Waals surface area contributed by atoms with E-state index in [0.29, 0.717) is 30.2 Å². The largest absolute Gasteiger partial charge is 0.493 e. The minimum absolute atomic E-state index is 0. The molecule has 0 aromatic heterocycles. The van der Waals surface area contributed by atoms with Crippen LogP contribution >= 0.6 is 12.4 Å². The summed E-state index contributed by atoms with van der Waals surface area (Å²) in [4.78, 5) is 25.9. The molecular formula is C17H26ClN3O4. The molecule has 2 rings (SSSR count). The molecule has 140 valence electrons. The minimum Gasteiger partial charge on any atom is -0.493 e. The highest BCUT2D eigenvalue weighted by atomic mass is 35.5. The van der Waals surface area contributed by atoms with Gasteiger partial charge in [0.25, 0.3) is 11.8 Å². The SMILES string of the molecule is COc1cc(C(=O)N2CC[C@@H](N)C2)ccc1OCC(=O)NC(C)C.Cl. The number of carbonyl (C=O) groups excluding carboxylic acids is 2. The van der Waals surface area contributed by atoms with E-state index in [1.807, 2.05) is 13.8 Å². The molecule has 2 amide bonds. The van der Waals surface area contributed by atoms with Gasteiger partial charge in [0.2, 0.25) is 0 Å². The Morgan fingerprint density at radius 1 is 1.36 bits per heavy atom. The van der Waals surface area contributed by atoms with E-state index in [1.165, 1.54) is 7.11 Å². The monoisotopic (exact) mass is 371 g/mol. The second kappa shape index (κ2) is 9.48. The Bertz CT molecular complexity index is 610. The van der Waals surface area contributed by atoms with Crippen LogP contribution in [0.1, 0.15) is 30.6 Å². The van der Waals surface area contributed by atoms with Crippen LogP contribution in [0.15, 0.2) is 18.2 Å². The molecule has 1 aromatic rings. The maximum atomic E-state index is 12.5. The fourth-order valence-electron chi connectivity index (χ4n) is 2.58. The molecule has 0 unspecified atom stereocenters. The summed E-state index contributed by atoms with van der Waals surface area (Å²) < 4.78 is 10.8. The maximum absolute atomic E-state index is 12.5. The lowest BCUT2D eigenvalue weighted by Crippen LogP contribution is -2.34. The summed E-state index contributed by atoms with van der Waals surface area (Å²) in [5, 5.41) is 2.74. The third-order valence-corrected chi connectivity index (χ3v) is 3.73. The number of halogens is 1. The van der Waals surface area contributed by atoms with Crippen LogP contribution in [-0.4, -0.2) is 55.6 Å². The molecule has 1 heterocycles. The van der Waals surface area contributed by atoms with Gasteiger partial charge in [0.05, 0.1) is 7.11 Å². The first-order chi connectivity index (χ1) is 11.4. The molecule has 1 aliphatic heterocycles. The molecular weight excluding hydrogens is 346 g/mol. The summed E-state index contributed by atoms with van der Waals surface area (Å²) in [6, 6.07) is 5.03. The molecule has 8 heteroatoms. The number of ether oxygens (including phenoxy) is 2. The summed E-state index contributed by atoms with van der Waals surface area (Å²) in [5.41, 5.74) is 6.36. The van der Waals surface area contributed by atoms with Crippen molar-refractivity contribution in [2.75, 3.05) is 26.8 Å². The summed E-state index contributed by atoms with van der Waals surface area (Å²) >= 11 is 0. The van der Waals surface area contributed by atoms with E-state index in [4.69, 9.17) is 15.2 Å². The van der Waals surface area contributed by atoms with Gasteiger partial charge < -0.3 is 25.4 Å². The zero-order valence-electron chi connectivity index (χ0n) is 14.8. The summed E-state index contributed by atoms with van der Waals surface area (Å²) in [6.45, 7) is 4.87. The summed E-state index contributed by atoms with van der Waals surface area (Å²) in [6.07, 6.45) is 0.815. The van der Waals surface area contributed by atoms with Gasteiger partial charge in [-0.1, -0.05) is 0 Å². The normalized spacial score (nSPS) is 16.4. The van der Waals surface area contributed by atoms with E-state index in [-0.39, 0.29) is 42.9 Å². The lowest BCUT2D eigenvalue weighted by Gasteiger charge is -2.17. The van der Waals surface area contributed by atoms with E-state index in [9.17, 15) is 9.59 Å². The van der Waals surface area contributed by atoms with E-state index in [0.717, 1.165) is 6.42 Å². The first kappa shape index (κ1) is 21.1. The molecule has 1 aromatic carbocycles. The number of methoxy groups -OCH3 is 1. The topological polar surface area (TPSA) is 93.9 Å². The molecule has 7 nitrogen and oxygen atoms in total. The van der Waals surface area contributed by atoms with Crippen molar-refractivity contribution in [3.63, 3.8) is 0 Å². The zero-order valence-corrected chi connectivity index (χ0v) is 15.6. The van der Waals surface area contributed by atoms with Crippen LogP contribution in [0.5, 0.6) is 11.5 Å². The number of hydrogen-bond acceptors (Lipinski definition) is 5. The van der Waals surface area contributed by atoms with E-state index in [1.54, 1.807) is 23.1 Å². The number of hydrogen-bond donors (Lipinski definition) is 2. The third-order valence-electron chi connectivity index (χ3n) is 3.73. The molecule has 25 heavy (non-hydrogen) atoms. The number of carbonyl (C=O) groups is 2. The zero-order chi connectivity index (χ0) is 17.7. The van der Waals surface area contributed by atoms with Crippen LogP contribution < -0.4 is 20.5 Å². The highest BCUT2D eigenvalue weighted by Gasteiger charge is 2.25. The van der Waals surface area contributed by atoms with Crippen LogP contribution in [0.25, 0.3) is 0 Å². The Kier molecular flexibility index (Phi) is 7.99. The van der Waals surface area contributed by atoms with Crippen molar-refractivity contribution < 1.29 is 19.1 Å². The Hall–Kier alpha value is -1.99. The Labute approximate surface area is 154 Å². The predicted octanol–water partition coefficient (Wildman–Crippen LogP) is 1.19. The lowest BCUT2D eigenvalue weighted by molar-refractivity contribution is -0.123. The van der Waals surface area contributed by atoms with Gasteiger partial charge in [0.1, 0.15) is 0 Å². The van der Waals surface area contributed by atoms with Gasteiger partial charge in [0, 0.05) is 30.7 Å².